The second kappa shape index (κ2) is 6.98. The Morgan fingerprint density at radius 1 is 1.23 bits per heavy atom. The first-order chi connectivity index (χ1) is 14.5. The number of hydrogen-bond acceptors (Lipinski definition) is 5. The van der Waals surface area contributed by atoms with Crippen molar-refractivity contribution in [1.82, 2.24) is 24.3 Å². The van der Waals surface area contributed by atoms with E-state index in [9.17, 15) is 9.59 Å². The largest absolute Gasteiger partial charge is 0.489 e. The Kier molecular flexibility index (Phi) is 4.27. The van der Waals surface area contributed by atoms with Gasteiger partial charge in [-0.2, -0.15) is 0 Å². The number of nitrogens with one attached hydrogen (secondary N) is 1. The van der Waals surface area contributed by atoms with Crippen molar-refractivity contribution in [3.8, 4) is 17.3 Å². The lowest BCUT2D eigenvalue weighted by molar-refractivity contribution is -0.134. The smallest absolute Gasteiger partial charge is 0.259 e. The highest BCUT2D eigenvalue weighted by Gasteiger charge is 2.24. The SMILES string of the molecule is Cc1cc(OC2CCC(=O)N(C)C2)cc2c(=O)[nH]c(-c3cc4cccn4cn3)nc12. The summed E-state index contributed by atoms with van der Waals surface area (Å²) in [5, 5.41) is 0.470. The van der Waals surface area contributed by atoms with Gasteiger partial charge >= 0.3 is 0 Å². The molecule has 1 unspecified atom stereocenters. The Hall–Kier alpha value is -3.68. The molecule has 8 heteroatoms. The van der Waals surface area contributed by atoms with Crippen LogP contribution in [0.5, 0.6) is 5.75 Å². The van der Waals surface area contributed by atoms with Gasteiger partial charge in [0.15, 0.2) is 5.82 Å². The molecule has 0 saturated carbocycles. The maximum atomic E-state index is 12.8. The molecular formula is C22H21N5O3. The Bertz CT molecular complexity index is 1340. The topological polar surface area (TPSA) is 92.6 Å². The van der Waals surface area contributed by atoms with Crippen LogP contribution in [-0.2, 0) is 4.79 Å². The zero-order chi connectivity index (χ0) is 20.8. The summed E-state index contributed by atoms with van der Waals surface area (Å²) < 4.78 is 7.98. The van der Waals surface area contributed by atoms with E-state index in [1.54, 1.807) is 24.3 Å². The summed E-state index contributed by atoms with van der Waals surface area (Å²) in [5.74, 6) is 1.17. The minimum Gasteiger partial charge on any atom is -0.489 e. The van der Waals surface area contributed by atoms with Crippen LogP contribution in [0.15, 0.2) is 47.7 Å². The number of nitrogens with zero attached hydrogens (tertiary/aromatic N) is 4. The molecule has 1 amide bonds. The number of aromatic nitrogens is 4. The van der Waals surface area contributed by atoms with Crippen LogP contribution in [-0.4, -0.2) is 49.9 Å². The van der Waals surface area contributed by atoms with Gasteiger partial charge in [-0.05, 0) is 49.2 Å². The van der Waals surface area contributed by atoms with Crippen molar-refractivity contribution in [3.05, 3.63) is 58.8 Å². The molecule has 4 aromatic rings. The zero-order valence-electron chi connectivity index (χ0n) is 16.8. The molecule has 3 aromatic heterocycles. The van der Waals surface area contributed by atoms with Gasteiger partial charge in [0.25, 0.3) is 5.56 Å². The average Bonchev–Trinajstić information content (AvgIpc) is 3.19. The second-order valence-corrected chi connectivity index (χ2v) is 7.72. The minimum absolute atomic E-state index is 0.0890. The predicted molar refractivity (Wildman–Crippen MR) is 113 cm³/mol. The van der Waals surface area contributed by atoms with Gasteiger partial charge < -0.3 is 19.0 Å². The molecule has 1 N–H and O–H groups in total. The molecule has 1 saturated heterocycles. The monoisotopic (exact) mass is 403 g/mol. The van der Waals surface area contributed by atoms with Crippen molar-refractivity contribution in [1.29, 1.82) is 0 Å². The van der Waals surface area contributed by atoms with Crippen LogP contribution in [0.2, 0.25) is 0 Å². The number of carbonyl (C=O) groups excluding carboxylic acids is 1. The van der Waals surface area contributed by atoms with Gasteiger partial charge in [0.2, 0.25) is 5.91 Å². The molecule has 5 rings (SSSR count). The molecule has 30 heavy (non-hydrogen) atoms. The molecule has 0 radical (unpaired) electrons. The summed E-state index contributed by atoms with van der Waals surface area (Å²) in [7, 11) is 1.78. The highest BCUT2D eigenvalue weighted by atomic mass is 16.5. The number of aromatic amines is 1. The lowest BCUT2D eigenvalue weighted by Crippen LogP contribution is -2.42. The number of hydrogen-bond donors (Lipinski definition) is 1. The van der Waals surface area contributed by atoms with Crippen LogP contribution in [0, 0.1) is 6.92 Å². The summed E-state index contributed by atoms with van der Waals surface area (Å²) in [6.07, 6.45) is 4.66. The number of H-pyrrole nitrogens is 1. The molecule has 0 bridgehead atoms. The number of fused-ring (bicyclic) bond motifs is 2. The van der Waals surface area contributed by atoms with E-state index in [0.29, 0.717) is 47.6 Å². The average molecular weight is 403 g/mol. The maximum Gasteiger partial charge on any atom is 0.259 e. The fourth-order valence-corrected chi connectivity index (χ4v) is 3.90. The van der Waals surface area contributed by atoms with Crippen LogP contribution >= 0.6 is 0 Å². The summed E-state index contributed by atoms with van der Waals surface area (Å²) >= 11 is 0. The number of aryl methyl sites for hydroxylation is 1. The Morgan fingerprint density at radius 3 is 2.93 bits per heavy atom. The third kappa shape index (κ3) is 3.20. The normalized spacial score (nSPS) is 17.1. The molecule has 4 heterocycles. The summed E-state index contributed by atoms with van der Waals surface area (Å²) in [6.45, 7) is 2.45. The number of rotatable bonds is 3. The van der Waals surface area contributed by atoms with E-state index < -0.39 is 0 Å². The quantitative estimate of drug-likeness (QED) is 0.568. The molecule has 0 spiro atoms. The Labute approximate surface area is 172 Å². The van der Waals surface area contributed by atoms with Gasteiger partial charge in [-0.25, -0.2) is 9.97 Å². The number of piperidine rings is 1. The van der Waals surface area contributed by atoms with E-state index in [4.69, 9.17) is 4.74 Å². The van der Waals surface area contributed by atoms with Gasteiger partial charge in [-0.1, -0.05) is 0 Å². The van der Waals surface area contributed by atoms with Gasteiger partial charge in [0.1, 0.15) is 17.5 Å². The van der Waals surface area contributed by atoms with Crippen molar-refractivity contribution >= 4 is 22.3 Å². The number of carbonyl (C=O) groups is 1. The lowest BCUT2D eigenvalue weighted by atomic mass is 10.1. The van der Waals surface area contributed by atoms with Crippen LogP contribution < -0.4 is 10.3 Å². The zero-order valence-corrected chi connectivity index (χ0v) is 16.8. The number of likely N-dealkylation sites (tertiary alicyclic amines) is 1. The fourth-order valence-electron chi connectivity index (χ4n) is 3.90. The number of likely N-dealkylation sites (N-methyl/N-ethyl adjacent to an activating group) is 1. The minimum atomic E-state index is -0.239. The Balaban J connectivity index is 1.51. The van der Waals surface area contributed by atoms with E-state index in [-0.39, 0.29) is 17.6 Å². The van der Waals surface area contributed by atoms with Crippen molar-refractivity contribution in [2.24, 2.45) is 0 Å². The summed E-state index contributed by atoms with van der Waals surface area (Å²) in [4.78, 5) is 38.1. The predicted octanol–water partition coefficient (Wildman–Crippen LogP) is 2.55. The summed E-state index contributed by atoms with van der Waals surface area (Å²) in [6, 6.07) is 9.40. The number of benzene rings is 1. The Morgan fingerprint density at radius 2 is 2.10 bits per heavy atom. The van der Waals surface area contributed by atoms with Gasteiger partial charge in [-0.3, -0.25) is 9.59 Å². The van der Waals surface area contributed by atoms with Crippen molar-refractivity contribution in [2.45, 2.75) is 25.9 Å². The van der Waals surface area contributed by atoms with E-state index in [1.165, 1.54) is 0 Å². The van der Waals surface area contributed by atoms with E-state index in [1.807, 2.05) is 41.8 Å². The first kappa shape index (κ1) is 18.4. The third-order valence-electron chi connectivity index (χ3n) is 5.52. The van der Waals surface area contributed by atoms with E-state index in [2.05, 4.69) is 15.0 Å². The molecule has 1 atom stereocenters. The molecule has 1 aliphatic rings. The van der Waals surface area contributed by atoms with Gasteiger partial charge in [0.05, 0.1) is 23.8 Å². The number of ether oxygens (including phenoxy) is 1. The molecular weight excluding hydrogens is 382 g/mol. The summed E-state index contributed by atoms with van der Waals surface area (Å²) in [5.41, 5.74) is 2.80. The van der Waals surface area contributed by atoms with E-state index >= 15 is 0 Å². The highest BCUT2D eigenvalue weighted by Crippen LogP contribution is 2.26. The molecule has 8 nitrogen and oxygen atoms in total. The molecule has 0 aliphatic carbocycles. The lowest BCUT2D eigenvalue weighted by Gasteiger charge is -2.30. The van der Waals surface area contributed by atoms with Crippen LogP contribution in [0.1, 0.15) is 18.4 Å². The van der Waals surface area contributed by atoms with Gasteiger partial charge in [0, 0.05) is 25.2 Å². The standard InChI is InChI=1S/C22H21N5O3/c1-13-8-16(30-15-5-6-19(28)26(2)11-15)10-17-20(13)24-21(25-22(17)29)18-9-14-4-3-7-27(14)12-23-18/h3-4,7-10,12,15H,5-6,11H2,1-2H3,(H,24,25,29). The fraction of sp³-hybridized carbons (Fsp3) is 0.273. The first-order valence-corrected chi connectivity index (χ1v) is 9.86. The van der Waals surface area contributed by atoms with Crippen molar-refractivity contribution < 1.29 is 9.53 Å². The van der Waals surface area contributed by atoms with Crippen LogP contribution in [0.25, 0.3) is 27.9 Å². The van der Waals surface area contributed by atoms with Crippen LogP contribution in [0.4, 0.5) is 0 Å². The van der Waals surface area contributed by atoms with Gasteiger partial charge in [-0.15, -0.1) is 0 Å². The molecule has 1 aliphatic heterocycles. The molecule has 152 valence electrons. The first-order valence-electron chi connectivity index (χ1n) is 9.86. The third-order valence-corrected chi connectivity index (χ3v) is 5.52. The maximum absolute atomic E-state index is 12.8. The second-order valence-electron chi connectivity index (χ2n) is 7.72. The van der Waals surface area contributed by atoms with E-state index in [0.717, 1.165) is 11.1 Å². The molecule has 1 fully saturated rings. The number of amides is 1. The van der Waals surface area contributed by atoms with Crippen molar-refractivity contribution in [3.63, 3.8) is 0 Å². The van der Waals surface area contributed by atoms with Crippen LogP contribution in [0.3, 0.4) is 0 Å². The highest BCUT2D eigenvalue weighted by molar-refractivity contribution is 5.84. The van der Waals surface area contributed by atoms with Crippen molar-refractivity contribution in [2.75, 3.05) is 13.6 Å². The molecule has 1 aromatic carbocycles.